The smallest absolute Gasteiger partial charge is 0.133 e. The lowest BCUT2D eigenvalue weighted by molar-refractivity contribution is -0.141. The Hall–Kier alpha value is -0.370. The quantitative estimate of drug-likeness (QED) is 0.733. The zero-order chi connectivity index (χ0) is 14.8. The summed E-state index contributed by atoms with van der Waals surface area (Å²) >= 11 is 0. The first-order valence-corrected chi connectivity index (χ1v) is 9.15. The number of ketones is 1. The second kappa shape index (κ2) is 4.57. The van der Waals surface area contributed by atoms with Crippen molar-refractivity contribution >= 4 is 5.78 Å². The number of Topliss-reactive ketones (excluding diaryl/α,β-unsaturated/α-hetero) is 1. The van der Waals surface area contributed by atoms with E-state index in [0.29, 0.717) is 17.1 Å². The first-order chi connectivity index (χ1) is 9.95. The second-order valence-electron chi connectivity index (χ2n) is 9.04. The van der Waals surface area contributed by atoms with Crippen LogP contribution in [0.25, 0.3) is 0 Å². The van der Waals surface area contributed by atoms with Crippen molar-refractivity contribution in [2.75, 3.05) is 0 Å². The van der Waals surface area contributed by atoms with Crippen LogP contribution in [0.5, 0.6) is 0 Å². The van der Waals surface area contributed by atoms with Gasteiger partial charge in [-0.1, -0.05) is 13.8 Å². The van der Waals surface area contributed by atoms with Gasteiger partial charge >= 0.3 is 0 Å². The largest absolute Gasteiger partial charge is 0.393 e. The van der Waals surface area contributed by atoms with E-state index in [4.69, 9.17) is 0 Å². The fourth-order valence-corrected chi connectivity index (χ4v) is 7.02. The molecule has 0 spiro atoms. The fraction of sp³-hybridized carbons (Fsp3) is 0.947. The van der Waals surface area contributed by atoms with Crippen molar-refractivity contribution in [2.24, 2.45) is 34.5 Å². The third kappa shape index (κ3) is 1.84. The maximum Gasteiger partial charge on any atom is 0.133 e. The van der Waals surface area contributed by atoms with Crippen molar-refractivity contribution < 1.29 is 9.90 Å². The van der Waals surface area contributed by atoms with Crippen LogP contribution in [0.15, 0.2) is 0 Å². The van der Waals surface area contributed by atoms with Crippen molar-refractivity contribution in [3.63, 3.8) is 0 Å². The van der Waals surface area contributed by atoms with E-state index in [-0.39, 0.29) is 11.5 Å². The van der Waals surface area contributed by atoms with Crippen molar-refractivity contribution in [3.05, 3.63) is 0 Å². The average Bonchev–Trinajstić information content (AvgIpc) is 2.76. The molecule has 4 aliphatic carbocycles. The molecule has 21 heavy (non-hydrogen) atoms. The van der Waals surface area contributed by atoms with E-state index in [1.54, 1.807) is 0 Å². The van der Waals surface area contributed by atoms with Crippen LogP contribution in [0, 0.1) is 34.5 Å². The Morgan fingerprint density at radius 3 is 2.52 bits per heavy atom. The maximum absolute atomic E-state index is 11.9. The van der Waals surface area contributed by atoms with E-state index in [0.717, 1.165) is 43.4 Å². The zero-order valence-corrected chi connectivity index (χ0v) is 13.6. The van der Waals surface area contributed by atoms with Crippen LogP contribution in [0.4, 0.5) is 0 Å². The van der Waals surface area contributed by atoms with E-state index in [2.05, 4.69) is 13.8 Å². The Kier molecular flexibility index (Phi) is 3.10. The molecule has 0 amide bonds. The predicted octanol–water partition coefficient (Wildman–Crippen LogP) is 3.96. The maximum atomic E-state index is 11.9. The van der Waals surface area contributed by atoms with Gasteiger partial charge in [0.1, 0.15) is 5.78 Å². The number of fused-ring (bicyclic) bond motifs is 5. The van der Waals surface area contributed by atoms with Gasteiger partial charge in [-0.25, -0.2) is 0 Å². The lowest BCUT2D eigenvalue weighted by Crippen LogP contribution is -2.54. The minimum Gasteiger partial charge on any atom is -0.393 e. The Balaban J connectivity index is 1.64. The van der Waals surface area contributed by atoms with Crippen molar-refractivity contribution in [1.82, 2.24) is 0 Å². The van der Waals surface area contributed by atoms with E-state index in [1.807, 2.05) is 0 Å². The van der Waals surface area contributed by atoms with Gasteiger partial charge < -0.3 is 5.11 Å². The van der Waals surface area contributed by atoms with Gasteiger partial charge in [-0.15, -0.1) is 0 Å². The van der Waals surface area contributed by atoms with Crippen LogP contribution >= 0.6 is 0 Å². The SMILES string of the molecule is C[C@]12CCC(=O)C[C@@H]1CC[C@H]1[C@H]2CC[C@]2(C)[C@H](O)CC[C@H]12. The summed E-state index contributed by atoms with van der Waals surface area (Å²) in [5, 5.41) is 10.5. The third-order valence-corrected chi connectivity index (χ3v) is 8.43. The van der Waals surface area contributed by atoms with Gasteiger partial charge in [-0.05, 0) is 79.4 Å². The zero-order valence-electron chi connectivity index (χ0n) is 13.6. The molecule has 2 heteroatoms. The highest BCUT2D eigenvalue weighted by molar-refractivity contribution is 5.79. The van der Waals surface area contributed by atoms with Crippen molar-refractivity contribution in [3.8, 4) is 0 Å². The summed E-state index contributed by atoms with van der Waals surface area (Å²) in [6.45, 7) is 4.85. The molecular weight excluding hydrogens is 260 g/mol. The minimum absolute atomic E-state index is 0.0677. The first kappa shape index (κ1) is 14.2. The van der Waals surface area contributed by atoms with Gasteiger partial charge in [-0.2, -0.15) is 0 Å². The summed E-state index contributed by atoms with van der Waals surface area (Å²) in [5.41, 5.74) is 0.598. The summed E-state index contributed by atoms with van der Waals surface area (Å²) in [6, 6.07) is 0. The Morgan fingerprint density at radius 1 is 0.952 bits per heavy atom. The highest BCUT2D eigenvalue weighted by Gasteiger charge is 2.59. The predicted molar refractivity (Wildman–Crippen MR) is 82.7 cm³/mol. The number of hydrogen-bond donors (Lipinski definition) is 1. The number of aliphatic hydroxyl groups excluding tert-OH is 1. The summed E-state index contributed by atoms with van der Waals surface area (Å²) < 4.78 is 0. The normalized spacial score (nSPS) is 56.5. The lowest BCUT2D eigenvalue weighted by atomic mass is 9.45. The Bertz CT molecular complexity index is 458. The van der Waals surface area contributed by atoms with Gasteiger partial charge in [0, 0.05) is 12.8 Å². The van der Waals surface area contributed by atoms with E-state index < -0.39 is 0 Å². The van der Waals surface area contributed by atoms with E-state index >= 15 is 0 Å². The fourth-order valence-electron chi connectivity index (χ4n) is 7.02. The van der Waals surface area contributed by atoms with Crippen LogP contribution in [0.3, 0.4) is 0 Å². The molecule has 118 valence electrons. The van der Waals surface area contributed by atoms with Crippen LogP contribution < -0.4 is 0 Å². The van der Waals surface area contributed by atoms with Crippen molar-refractivity contribution in [2.45, 2.75) is 77.7 Å². The van der Waals surface area contributed by atoms with Crippen LogP contribution in [0.2, 0.25) is 0 Å². The number of carbonyl (C=O) groups is 1. The highest BCUT2D eigenvalue weighted by atomic mass is 16.3. The molecule has 0 radical (unpaired) electrons. The average molecular weight is 290 g/mol. The highest BCUT2D eigenvalue weighted by Crippen LogP contribution is 2.65. The molecular formula is C19H30O2. The van der Waals surface area contributed by atoms with Crippen LogP contribution in [0.1, 0.15) is 71.6 Å². The molecule has 2 nitrogen and oxygen atoms in total. The number of carbonyl (C=O) groups excluding carboxylic acids is 1. The third-order valence-electron chi connectivity index (χ3n) is 8.43. The van der Waals surface area contributed by atoms with Gasteiger partial charge in [0.25, 0.3) is 0 Å². The molecule has 7 atom stereocenters. The molecule has 0 unspecified atom stereocenters. The molecule has 0 bridgehead atoms. The lowest BCUT2D eigenvalue weighted by Gasteiger charge is -2.60. The van der Waals surface area contributed by atoms with Gasteiger partial charge in [0.2, 0.25) is 0 Å². The molecule has 1 N–H and O–H groups in total. The topological polar surface area (TPSA) is 37.3 Å². The molecule has 4 fully saturated rings. The molecule has 4 rings (SSSR count). The minimum atomic E-state index is -0.0677. The summed E-state index contributed by atoms with van der Waals surface area (Å²) in [6.07, 6.45) is 10.0. The monoisotopic (exact) mass is 290 g/mol. The molecule has 4 aliphatic rings. The molecule has 0 heterocycles. The molecule has 0 saturated heterocycles. The second-order valence-corrected chi connectivity index (χ2v) is 9.04. The first-order valence-electron chi connectivity index (χ1n) is 9.15. The van der Waals surface area contributed by atoms with Gasteiger partial charge in [-0.3, -0.25) is 4.79 Å². The molecule has 0 aliphatic heterocycles. The van der Waals surface area contributed by atoms with Gasteiger partial charge in [0.15, 0.2) is 0 Å². The number of hydrogen-bond acceptors (Lipinski definition) is 2. The van der Waals surface area contributed by atoms with Crippen LogP contribution in [-0.4, -0.2) is 17.0 Å². The standard InChI is InChI=1S/C19H30O2/c1-18-9-7-13(20)11-12(18)3-4-14-15-5-6-17(21)19(15,2)10-8-16(14)18/h12,14-17,21H,3-11H2,1-2H3/t12-,14+,15+,16+,17+,18-,19-/m0/s1. The Morgan fingerprint density at radius 2 is 1.71 bits per heavy atom. The van der Waals surface area contributed by atoms with Crippen molar-refractivity contribution in [1.29, 1.82) is 0 Å². The summed E-state index contributed by atoms with van der Waals surface area (Å²) in [5.74, 6) is 3.52. The summed E-state index contributed by atoms with van der Waals surface area (Å²) in [7, 11) is 0. The molecule has 0 aromatic carbocycles. The number of rotatable bonds is 0. The Labute approximate surface area is 128 Å². The molecule has 4 saturated carbocycles. The van der Waals surface area contributed by atoms with Crippen LogP contribution in [-0.2, 0) is 4.79 Å². The number of aliphatic hydroxyl groups is 1. The van der Waals surface area contributed by atoms with E-state index in [9.17, 15) is 9.90 Å². The van der Waals surface area contributed by atoms with E-state index in [1.165, 1.54) is 32.1 Å². The summed E-state index contributed by atoms with van der Waals surface area (Å²) in [4.78, 5) is 11.9. The molecule has 0 aromatic rings. The molecule has 0 aromatic heterocycles. The van der Waals surface area contributed by atoms with Gasteiger partial charge in [0.05, 0.1) is 6.10 Å².